The van der Waals surface area contributed by atoms with Crippen molar-refractivity contribution in [2.24, 2.45) is 11.8 Å². The van der Waals surface area contributed by atoms with E-state index in [0.29, 0.717) is 6.54 Å². The highest BCUT2D eigenvalue weighted by Gasteiger charge is 2.73. The summed E-state index contributed by atoms with van der Waals surface area (Å²) in [6.45, 7) is 8.40. The minimum absolute atomic E-state index is 0.111. The molecule has 4 rings (SSSR count). The molecular weight excluding hydrogens is 330 g/mol. The fraction of sp³-hybridized carbons (Fsp3) is 0.550. The number of nitrogens with one attached hydrogen (secondary N) is 1. The van der Waals surface area contributed by atoms with Gasteiger partial charge in [-0.2, -0.15) is 0 Å². The van der Waals surface area contributed by atoms with Crippen LogP contribution in [-0.4, -0.2) is 35.2 Å². The molecule has 26 heavy (non-hydrogen) atoms. The molecule has 2 fully saturated rings. The van der Waals surface area contributed by atoms with Gasteiger partial charge in [0.25, 0.3) is 5.91 Å². The highest BCUT2D eigenvalue weighted by molar-refractivity contribution is 6.14. The van der Waals surface area contributed by atoms with Crippen LogP contribution in [0.3, 0.4) is 0 Å². The van der Waals surface area contributed by atoms with E-state index in [0.717, 1.165) is 35.2 Å². The first-order valence-corrected chi connectivity index (χ1v) is 9.47. The Hall–Kier alpha value is -2.21. The molecule has 0 unspecified atom stereocenters. The first-order chi connectivity index (χ1) is 12.3. The van der Waals surface area contributed by atoms with Crippen LogP contribution in [0, 0.1) is 25.7 Å². The number of imide groups is 1. The van der Waals surface area contributed by atoms with Gasteiger partial charge in [0.1, 0.15) is 11.8 Å². The number of hydrogen-bond donors (Lipinski definition) is 2. The third kappa shape index (κ3) is 1.99. The molecular formula is C20H26N3O3+. The molecule has 1 spiro atoms. The summed E-state index contributed by atoms with van der Waals surface area (Å²) in [4.78, 5) is 40.8. The maximum absolute atomic E-state index is 13.2. The van der Waals surface area contributed by atoms with Gasteiger partial charge in [0.15, 0.2) is 0 Å². The summed E-state index contributed by atoms with van der Waals surface area (Å²) >= 11 is 0. The average molecular weight is 356 g/mol. The van der Waals surface area contributed by atoms with Gasteiger partial charge in [-0.05, 0) is 38.8 Å². The summed E-state index contributed by atoms with van der Waals surface area (Å²) in [6.07, 6.45) is 1.71. The lowest BCUT2D eigenvalue weighted by molar-refractivity contribution is -0.730. The van der Waals surface area contributed by atoms with E-state index in [1.54, 1.807) is 0 Å². The molecule has 1 aromatic carbocycles. The Kier molecular flexibility index (Phi) is 3.74. The van der Waals surface area contributed by atoms with Crippen molar-refractivity contribution in [1.82, 2.24) is 4.90 Å². The number of anilines is 1. The summed E-state index contributed by atoms with van der Waals surface area (Å²) in [7, 11) is 0. The molecule has 0 aliphatic carbocycles. The van der Waals surface area contributed by atoms with Gasteiger partial charge in [-0.15, -0.1) is 0 Å². The topological polar surface area (TPSA) is 83.1 Å². The number of benzene rings is 1. The van der Waals surface area contributed by atoms with E-state index in [2.05, 4.69) is 5.32 Å². The third-order valence-electron chi connectivity index (χ3n) is 6.30. The van der Waals surface area contributed by atoms with Gasteiger partial charge in [-0.25, -0.2) is 0 Å². The minimum atomic E-state index is -1.02. The molecule has 0 saturated carbocycles. The predicted molar refractivity (Wildman–Crippen MR) is 96.2 cm³/mol. The molecule has 1 aromatic rings. The Bertz CT molecular complexity index is 834. The molecule has 3 amide bonds. The number of likely N-dealkylation sites (tertiary alicyclic amines) is 1. The SMILES string of the molecule is CCCCN1C(=O)[C@H]2[C@@H](C1=O)[C@@]1([NH2+][C@@H]2C)C(=O)Nc2c(C)cc(C)cc21. The minimum Gasteiger partial charge on any atom is -0.326 e. The van der Waals surface area contributed by atoms with E-state index in [1.165, 1.54) is 4.90 Å². The lowest BCUT2D eigenvalue weighted by atomic mass is 9.76. The van der Waals surface area contributed by atoms with Crippen molar-refractivity contribution < 1.29 is 19.7 Å². The number of quaternary nitrogens is 1. The summed E-state index contributed by atoms with van der Waals surface area (Å²) < 4.78 is 0. The van der Waals surface area contributed by atoms with Crippen LogP contribution in [0.15, 0.2) is 12.1 Å². The molecule has 0 aromatic heterocycles. The van der Waals surface area contributed by atoms with E-state index in [1.807, 2.05) is 45.1 Å². The van der Waals surface area contributed by atoms with Crippen LogP contribution >= 0.6 is 0 Å². The van der Waals surface area contributed by atoms with Gasteiger partial charge in [-0.3, -0.25) is 19.3 Å². The molecule has 3 aliphatic rings. The van der Waals surface area contributed by atoms with Crippen LogP contribution in [0.5, 0.6) is 0 Å². The standard InChI is InChI=1S/C20H25N3O3/c1-5-6-7-23-17(24)14-12(4)22-20(15(14)18(23)25)13-9-10(2)8-11(3)16(13)21-19(20)26/h8-9,12,14-15,22H,5-7H2,1-4H3,(H,21,26)/p+1/t12-,14-,15+,20-/m1/s1. The highest BCUT2D eigenvalue weighted by Crippen LogP contribution is 2.49. The van der Waals surface area contributed by atoms with Gasteiger partial charge in [0.2, 0.25) is 17.4 Å². The second kappa shape index (κ2) is 5.64. The molecule has 3 heterocycles. The van der Waals surface area contributed by atoms with Crippen molar-refractivity contribution in [2.75, 3.05) is 11.9 Å². The Morgan fingerprint density at radius 3 is 2.62 bits per heavy atom. The van der Waals surface area contributed by atoms with Crippen molar-refractivity contribution in [3.8, 4) is 0 Å². The van der Waals surface area contributed by atoms with Crippen LogP contribution in [0.1, 0.15) is 43.4 Å². The van der Waals surface area contributed by atoms with Crippen LogP contribution < -0.4 is 10.6 Å². The normalized spacial score (nSPS) is 32.4. The Morgan fingerprint density at radius 2 is 1.92 bits per heavy atom. The zero-order valence-electron chi connectivity index (χ0n) is 15.8. The third-order valence-corrected chi connectivity index (χ3v) is 6.30. The van der Waals surface area contributed by atoms with E-state index < -0.39 is 17.4 Å². The number of aryl methyl sites for hydroxylation is 2. The predicted octanol–water partition coefficient (Wildman–Crippen LogP) is 0.818. The second-order valence-electron chi connectivity index (χ2n) is 8.04. The molecule has 138 valence electrons. The maximum Gasteiger partial charge on any atom is 0.291 e. The Balaban J connectivity index is 1.86. The Morgan fingerprint density at radius 1 is 1.19 bits per heavy atom. The molecule has 0 radical (unpaired) electrons. The number of nitrogens with zero attached hydrogens (tertiary/aromatic N) is 1. The molecule has 3 aliphatic heterocycles. The van der Waals surface area contributed by atoms with Crippen LogP contribution in [-0.2, 0) is 19.9 Å². The quantitative estimate of drug-likeness (QED) is 0.787. The van der Waals surface area contributed by atoms with Crippen LogP contribution in [0.2, 0.25) is 0 Å². The summed E-state index contributed by atoms with van der Waals surface area (Å²) in [6, 6.07) is 3.92. The van der Waals surface area contributed by atoms with Crippen LogP contribution in [0.25, 0.3) is 0 Å². The first-order valence-electron chi connectivity index (χ1n) is 9.47. The zero-order chi connectivity index (χ0) is 18.8. The number of nitrogens with two attached hydrogens (primary N) is 1. The molecule has 3 N–H and O–H groups in total. The van der Waals surface area contributed by atoms with Gasteiger partial charge >= 0.3 is 0 Å². The van der Waals surface area contributed by atoms with E-state index in [9.17, 15) is 14.4 Å². The monoisotopic (exact) mass is 356 g/mol. The average Bonchev–Trinajstić information content (AvgIpc) is 3.13. The number of unbranched alkanes of at least 4 members (excludes halogenated alkanes) is 1. The lowest BCUT2D eigenvalue weighted by Crippen LogP contribution is -2.98. The molecule has 6 nitrogen and oxygen atoms in total. The van der Waals surface area contributed by atoms with Crippen molar-refractivity contribution >= 4 is 23.4 Å². The molecule has 2 saturated heterocycles. The van der Waals surface area contributed by atoms with Crippen molar-refractivity contribution in [2.45, 2.75) is 52.1 Å². The highest BCUT2D eigenvalue weighted by atomic mass is 16.2. The molecule has 4 atom stereocenters. The number of hydrogen-bond acceptors (Lipinski definition) is 3. The van der Waals surface area contributed by atoms with Crippen molar-refractivity contribution in [1.29, 1.82) is 0 Å². The molecule has 6 heteroatoms. The Labute approximate surface area is 153 Å². The molecule has 0 bridgehead atoms. The fourth-order valence-corrected chi connectivity index (χ4v) is 5.19. The smallest absolute Gasteiger partial charge is 0.291 e. The lowest BCUT2D eigenvalue weighted by Gasteiger charge is -2.26. The van der Waals surface area contributed by atoms with Crippen LogP contribution in [0.4, 0.5) is 5.69 Å². The summed E-state index contributed by atoms with van der Waals surface area (Å²) in [5.41, 5.74) is 2.69. The number of carbonyl (C=O) groups is 3. The van der Waals surface area contributed by atoms with Gasteiger partial charge in [-0.1, -0.05) is 25.0 Å². The largest absolute Gasteiger partial charge is 0.326 e. The summed E-state index contributed by atoms with van der Waals surface area (Å²) in [5, 5.41) is 4.95. The van der Waals surface area contributed by atoms with E-state index >= 15 is 0 Å². The summed E-state index contributed by atoms with van der Waals surface area (Å²) in [5.74, 6) is -1.52. The van der Waals surface area contributed by atoms with Crippen molar-refractivity contribution in [3.05, 3.63) is 28.8 Å². The van der Waals surface area contributed by atoms with Gasteiger partial charge in [0, 0.05) is 12.1 Å². The zero-order valence-corrected chi connectivity index (χ0v) is 15.8. The van der Waals surface area contributed by atoms with Crippen molar-refractivity contribution in [3.63, 3.8) is 0 Å². The number of fused-ring (bicyclic) bond motifs is 4. The van der Waals surface area contributed by atoms with Gasteiger partial charge in [0.05, 0.1) is 11.7 Å². The first kappa shape index (κ1) is 17.2. The maximum atomic E-state index is 13.2. The second-order valence-corrected chi connectivity index (χ2v) is 8.04. The van der Waals surface area contributed by atoms with E-state index in [-0.39, 0.29) is 23.8 Å². The number of amides is 3. The van der Waals surface area contributed by atoms with Gasteiger partial charge < -0.3 is 10.6 Å². The number of rotatable bonds is 3. The van der Waals surface area contributed by atoms with E-state index in [4.69, 9.17) is 0 Å². The number of carbonyl (C=O) groups excluding carboxylic acids is 3. The fourth-order valence-electron chi connectivity index (χ4n) is 5.19.